The molecule has 0 spiro atoms. The van der Waals surface area contributed by atoms with Gasteiger partial charge in [0.15, 0.2) is 0 Å². The zero-order chi connectivity index (χ0) is 22.2. The molecule has 2 aliphatic heterocycles. The summed E-state index contributed by atoms with van der Waals surface area (Å²) in [4.78, 5) is 21.6. The molecule has 0 atom stereocenters. The fourth-order valence-corrected chi connectivity index (χ4v) is 4.76. The summed E-state index contributed by atoms with van der Waals surface area (Å²) in [6.45, 7) is 8.70. The Hall–Kier alpha value is -3.38. The van der Waals surface area contributed by atoms with Gasteiger partial charge in [0.1, 0.15) is 5.75 Å². The van der Waals surface area contributed by atoms with E-state index in [9.17, 15) is 9.90 Å². The van der Waals surface area contributed by atoms with Crippen LogP contribution >= 0.6 is 0 Å². The number of hydrogen-bond donors (Lipinski definition) is 2. The number of allylic oxidation sites excluding steroid dienone is 1. The molecule has 1 aromatic heterocycles. The van der Waals surface area contributed by atoms with Crippen LogP contribution in [0.1, 0.15) is 25.0 Å². The van der Waals surface area contributed by atoms with Crippen molar-refractivity contribution in [2.45, 2.75) is 20.3 Å². The van der Waals surface area contributed by atoms with Crippen molar-refractivity contribution in [2.75, 3.05) is 42.9 Å². The number of hydrogen-bond acceptors (Lipinski definition) is 5. The number of phenolic OH excluding ortho intramolecular Hbond substituents is 1. The van der Waals surface area contributed by atoms with Crippen LogP contribution < -0.4 is 10.2 Å². The van der Waals surface area contributed by atoms with Gasteiger partial charge in [-0.3, -0.25) is 14.7 Å². The first-order valence-electron chi connectivity index (χ1n) is 11.2. The van der Waals surface area contributed by atoms with Crippen molar-refractivity contribution in [1.82, 2.24) is 9.88 Å². The first-order valence-corrected chi connectivity index (χ1v) is 11.2. The molecule has 0 unspecified atom stereocenters. The number of pyridine rings is 1. The number of phenols is 1. The first-order chi connectivity index (χ1) is 15.5. The molecule has 5 rings (SSSR count). The highest BCUT2D eigenvalue weighted by atomic mass is 16.3. The zero-order valence-corrected chi connectivity index (χ0v) is 18.6. The zero-order valence-electron chi connectivity index (χ0n) is 18.6. The Bertz CT molecular complexity index is 1220. The summed E-state index contributed by atoms with van der Waals surface area (Å²) in [6.07, 6.45) is 2.76. The molecule has 0 saturated carbocycles. The van der Waals surface area contributed by atoms with Gasteiger partial charge in [-0.2, -0.15) is 0 Å². The van der Waals surface area contributed by atoms with Crippen molar-refractivity contribution in [3.05, 3.63) is 65.4 Å². The van der Waals surface area contributed by atoms with Crippen LogP contribution in [-0.4, -0.2) is 53.6 Å². The maximum absolute atomic E-state index is 12.2. The fraction of sp³-hybridized carbons (Fsp3) is 0.308. The average Bonchev–Trinajstić information content (AvgIpc) is 3.12. The third-order valence-corrected chi connectivity index (χ3v) is 6.43. The Balaban J connectivity index is 1.24. The number of fused-ring (bicyclic) bond motifs is 2. The van der Waals surface area contributed by atoms with Gasteiger partial charge in [0.25, 0.3) is 5.91 Å². The lowest BCUT2D eigenvalue weighted by Gasteiger charge is -2.36. The average molecular weight is 429 g/mol. The van der Waals surface area contributed by atoms with Crippen molar-refractivity contribution in [3.63, 3.8) is 0 Å². The van der Waals surface area contributed by atoms with Crippen molar-refractivity contribution < 1.29 is 9.90 Å². The maximum atomic E-state index is 12.2. The van der Waals surface area contributed by atoms with E-state index >= 15 is 0 Å². The summed E-state index contributed by atoms with van der Waals surface area (Å²) < 4.78 is 0. The number of carbonyl (C=O) groups excluding carboxylic acids is 1. The number of aromatic hydroxyl groups is 1. The van der Waals surface area contributed by atoms with Crippen LogP contribution in [-0.2, 0) is 11.2 Å². The Labute approximate surface area is 188 Å². The summed E-state index contributed by atoms with van der Waals surface area (Å²) in [7, 11) is 0. The van der Waals surface area contributed by atoms with Crippen molar-refractivity contribution in [3.8, 4) is 5.75 Å². The van der Waals surface area contributed by atoms with Gasteiger partial charge >= 0.3 is 0 Å². The van der Waals surface area contributed by atoms with E-state index in [2.05, 4.69) is 32.2 Å². The Morgan fingerprint density at radius 2 is 1.91 bits per heavy atom. The number of anilines is 2. The predicted molar refractivity (Wildman–Crippen MR) is 129 cm³/mol. The standard InChI is InChI=1S/C26H28N4O2/c1-17(2)24-21-14-18(5-6-22(21)28-26(24)32)7-9-29-10-12-30(13-11-29)23-16-20(31)15-19-4-3-8-27-25(19)23/h3-6,8,14-16,31H,7,9-13H2,1-2H3,(H,28,32). The maximum Gasteiger partial charge on any atom is 0.256 e. The van der Waals surface area contributed by atoms with Crippen LogP contribution in [0.5, 0.6) is 5.75 Å². The van der Waals surface area contributed by atoms with Gasteiger partial charge in [-0.15, -0.1) is 0 Å². The van der Waals surface area contributed by atoms with E-state index in [0.717, 1.165) is 78.1 Å². The minimum absolute atomic E-state index is 0.00207. The molecule has 0 aliphatic carbocycles. The van der Waals surface area contributed by atoms with Gasteiger partial charge in [0.05, 0.1) is 11.2 Å². The van der Waals surface area contributed by atoms with E-state index < -0.39 is 0 Å². The molecule has 6 nitrogen and oxygen atoms in total. The largest absolute Gasteiger partial charge is 0.508 e. The molecule has 2 N–H and O–H groups in total. The number of nitrogens with one attached hydrogen (secondary N) is 1. The van der Waals surface area contributed by atoms with Crippen LogP contribution in [0.3, 0.4) is 0 Å². The van der Waals surface area contributed by atoms with Gasteiger partial charge in [-0.1, -0.05) is 17.7 Å². The molecule has 0 bridgehead atoms. The lowest BCUT2D eigenvalue weighted by Crippen LogP contribution is -2.47. The molecule has 1 fully saturated rings. The fourth-order valence-electron chi connectivity index (χ4n) is 4.76. The normalized spacial score (nSPS) is 16.4. The first kappa shape index (κ1) is 20.5. The molecule has 1 saturated heterocycles. The van der Waals surface area contributed by atoms with E-state index in [1.165, 1.54) is 5.56 Å². The third-order valence-electron chi connectivity index (χ3n) is 6.43. The Kier molecular flexibility index (Phi) is 5.31. The van der Waals surface area contributed by atoms with Gasteiger partial charge in [0.2, 0.25) is 0 Å². The quantitative estimate of drug-likeness (QED) is 0.614. The highest BCUT2D eigenvalue weighted by Gasteiger charge is 2.25. The topological polar surface area (TPSA) is 68.7 Å². The summed E-state index contributed by atoms with van der Waals surface area (Å²) >= 11 is 0. The number of nitrogens with zero attached hydrogens (tertiary/aromatic N) is 3. The number of amides is 1. The molecule has 1 amide bonds. The molecular weight excluding hydrogens is 400 g/mol. The molecule has 32 heavy (non-hydrogen) atoms. The molecule has 2 aromatic carbocycles. The second kappa shape index (κ2) is 8.28. The highest BCUT2D eigenvalue weighted by molar-refractivity contribution is 6.32. The smallest absolute Gasteiger partial charge is 0.256 e. The molecule has 2 aliphatic rings. The van der Waals surface area contributed by atoms with Crippen LogP contribution in [0, 0.1) is 0 Å². The van der Waals surface area contributed by atoms with Crippen LogP contribution in [0.25, 0.3) is 16.5 Å². The Morgan fingerprint density at radius 1 is 1.09 bits per heavy atom. The second-order valence-corrected chi connectivity index (χ2v) is 8.83. The van der Waals surface area contributed by atoms with E-state index in [1.54, 1.807) is 12.3 Å². The predicted octanol–water partition coefficient (Wildman–Crippen LogP) is 4.05. The third kappa shape index (κ3) is 3.82. The van der Waals surface area contributed by atoms with Gasteiger partial charge in [0, 0.05) is 67.2 Å². The number of benzene rings is 2. The molecule has 0 radical (unpaired) electrons. The minimum Gasteiger partial charge on any atom is -0.508 e. The minimum atomic E-state index is 0.00207. The van der Waals surface area contributed by atoms with Gasteiger partial charge in [-0.25, -0.2) is 0 Å². The highest BCUT2D eigenvalue weighted by Crippen LogP contribution is 2.35. The second-order valence-electron chi connectivity index (χ2n) is 8.83. The van der Waals surface area contributed by atoms with Crippen molar-refractivity contribution in [2.24, 2.45) is 0 Å². The number of aromatic nitrogens is 1. The van der Waals surface area contributed by atoms with E-state index in [1.807, 2.05) is 38.1 Å². The SMILES string of the molecule is CC(C)=C1C(=O)Nc2ccc(CCN3CCN(c4cc(O)cc5cccnc45)CC3)cc21. The van der Waals surface area contributed by atoms with Crippen molar-refractivity contribution in [1.29, 1.82) is 0 Å². The summed E-state index contributed by atoms with van der Waals surface area (Å²) in [5.74, 6) is 0.283. The van der Waals surface area contributed by atoms with Crippen molar-refractivity contribution >= 4 is 33.8 Å². The van der Waals surface area contributed by atoms with Crippen LogP contribution in [0.15, 0.2) is 54.2 Å². The molecule has 3 heterocycles. The van der Waals surface area contributed by atoms with E-state index in [4.69, 9.17) is 0 Å². The summed E-state index contributed by atoms with van der Waals surface area (Å²) in [6, 6.07) is 13.8. The van der Waals surface area contributed by atoms with E-state index in [0.29, 0.717) is 0 Å². The molecular formula is C26H28N4O2. The van der Waals surface area contributed by atoms with Crippen LogP contribution in [0.2, 0.25) is 0 Å². The van der Waals surface area contributed by atoms with Gasteiger partial charge in [-0.05, 0) is 50.1 Å². The number of carbonyl (C=O) groups is 1. The van der Waals surface area contributed by atoms with Crippen LogP contribution in [0.4, 0.5) is 11.4 Å². The monoisotopic (exact) mass is 428 g/mol. The summed E-state index contributed by atoms with van der Waals surface area (Å²) in [5.41, 5.74) is 6.99. The molecule has 6 heteroatoms. The lowest BCUT2D eigenvalue weighted by molar-refractivity contribution is -0.110. The lowest BCUT2D eigenvalue weighted by atomic mass is 9.99. The molecule has 164 valence electrons. The van der Waals surface area contributed by atoms with Gasteiger partial charge < -0.3 is 15.3 Å². The number of rotatable bonds is 4. The number of piperazine rings is 1. The molecule has 3 aromatic rings. The van der Waals surface area contributed by atoms with E-state index in [-0.39, 0.29) is 11.7 Å². The summed E-state index contributed by atoms with van der Waals surface area (Å²) in [5, 5.41) is 14.1. The Morgan fingerprint density at radius 3 is 2.69 bits per heavy atom.